The van der Waals surface area contributed by atoms with Crippen LogP contribution in [0.2, 0.25) is 10.0 Å². The molecule has 0 aromatic heterocycles. The number of aliphatic hydroxyl groups excluding tert-OH is 1. The van der Waals surface area contributed by atoms with Gasteiger partial charge in [-0.1, -0.05) is 88.5 Å². The Bertz CT molecular complexity index is 1780. The molecule has 1 amide bonds. The molecule has 1 heterocycles. The van der Waals surface area contributed by atoms with Crippen LogP contribution in [-0.4, -0.2) is 42.2 Å². The molecule has 4 aromatic carbocycles. The number of hydrogen-bond donors (Lipinski definition) is 2. The van der Waals surface area contributed by atoms with Crippen LogP contribution in [0.15, 0.2) is 101 Å². The van der Waals surface area contributed by atoms with Gasteiger partial charge < -0.3 is 19.9 Å². The first-order valence-corrected chi connectivity index (χ1v) is 16.1. The lowest BCUT2D eigenvalue weighted by atomic mass is 9.80. The standard InChI is InChI=1S/C36H35Cl2N5O4/c1-24-7-9-25(10-8-24)17-18-40-35(45)36(22-27-5-2-3-6-28(27)23-41-43-39)33(31-16-13-29(37)21-32(31)38)47-34(42-36)26-11-14-30(15-12-26)46-20-4-19-44/h2-3,5-16,21,33,44H,4,17-20,22-23H2,1H3,(H,40,45)/t33-,36-/m1/s1. The van der Waals surface area contributed by atoms with Gasteiger partial charge in [0.2, 0.25) is 5.90 Å². The van der Waals surface area contributed by atoms with Crippen LogP contribution in [0.3, 0.4) is 0 Å². The Morgan fingerprint density at radius 3 is 2.51 bits per heavy atom. The van der Waals surface area contributed by atoms with E-state index in [1.165, 1.54) is 0 Å². The first-order chi connectivity index (χ1) is 22.8. The van der Waals surface area contributed by atoms with Gasteiger partial charge in [-0.2, -0.15) is 0 Å². The summed E-state index contributed by atoms with van der Waals surface area (Å²) in [6.45, 7) is 2.93. The number of halogens is 2. The minimum absolute atomic E-state index is 0.0402. The van der Waals surface area contributed by atoms with Gasteiger partial charge >= 0.3 is 0 Å². The third kappa shape index (κ3) is 8.25. The molecule has 1 aliphatic rings. The molecule has 5 rings (SSSR count). The fourth-order valence-corrected chi connectivity index (χ4v) is 5.99. The van der Waals surface area contributed by atoms with Gasteiger partial charge in [0, 0.05) is 52.1 Å². The molecule has 0 bridgehead atoms. The molecule has 0 aliphatic carbocycles. The Kier molecular flexibility index (Phi) is 11.4. The van der Waals surface area contributed by atoms with Gasteiger partial charge in [-0.05, 0) is 72.0 Å². The summed E-state index contributed by atoms with van der Waals surface area (Å²) in [5.74, 6) is 0.562. The number of amides is 1. The molecule has 0 saturated carbocycles. The fourth-order valence-electron chi connectivity index (χ4n) is 5.48. The van der Waals surface area contributed by atoms with Gasteiger partial charge in [0.25, 0.3) is 5.91 Å². The lowest BCUT2D eigenvalue weighted by Gasteiger charge is -2.32. The number of ether oxygens (including phenoxy) is 2. The van der Waals surface area contributed by atoms with Gasteiger partial charge in [-0.3, -0.25) is 4.79 Å². The SMILES string of the molecule is Cc1ccc(CCNC(=O)[C@]2(Cc3ccccc3CN=[N+]=[N-])N=C(c3ccc(OCCCO)cc3)O[C@@H]2c2ccc(Cl)cc2Cl)cc1. The molecular weight excluding hydrogens is 637 g/mol. The molecule has 1 aliphatic heterocycles. The summed E-state index contributed by atoms with van der Waals surface area (Å²) in [4.78, 5) is 22.6. The number of azide groups is 1. The zero-order valence-corrected chi connectivity index (χ0v) is 27.4. The van der Waals surface area contributed by atoms with Crippen molar-refractivity contribution in [1.29, 1.82) is 0 Å². The molecule has 0 spiro atoms. The van der Waals surface area contributed by atoms with Crippen LogP contribution in [0.4, 0.5) is 0 Å². The van der Waals surface area contributed by atoms with E-state index in [9.17, 15) is 4.79 Å². The van der Waals surface area contributed by atoms with Crippen LogP contribution in [0.5, 0.6) is 5.75 Å². The molecule has 0 saturated heterocycles. The van der Waals surface area contributed by atoms with E-state index in [0.717, 1.165) is 22.3 Å². The summed E-state index contributed by atoms with van der Waals surface area (Å²) in [5.41, 5.74) is 12.5. The van der Waals surface area contributed by atoms with Crippen molar-refractivity contribution < 1.29 is 19.4 Å². The normalized spacial score (nSPS) is 16.9. The van der Waals surface area contributed by atoms with Crippen molar-refractivity contribution in [2.75, 3.05) is 19.8 Å². The van der Waals surface area contributed by atoms with Crippen LogP contribution in [0.1, 0.15) is 45.9 Å². The van der Waals surface area contributed by atoms with E-state index in [0.29, 0.717) is 52.9 Å². The van der Waals surface area contributed by atoms with Crippen molar-refractivity contribution in [3.8, 4) is 5.75 Å². The van der Waals surface area contributed by atoms with Gasteiger partial charge in [0.15, 0.2) is 11.6 Å². The summed E-state index contributed by atoms with van der Waals surface area (Å²) in [7, 11) is 0. The summed E-state index contributed by atoms with van der Waals surface area (Å²) in [6.07, 6.45) is 0.353. The van der Waals surface area contributed by atoms with E-state index in [1.54, 1.807) is 30.3 Å². The van der Waals surface area contributed by atoms with Gasteiger partial charge in [0.1, 0.15) is 5.75 Å². The predicted octanol–water partition coefficient (Wildman–Crippen LogP) is 7.73. The highest BCUT2D eigenvalue weighted by molar-refractivity contribution is 6.35. The first-order valence-electron chi connectivity index (χ1n) is 15.3. The van der Waals surface area contributed by atoms with Crippen LogP contribution < -0.4 is 10.1 Å². The Morgan fingerprint density at radius 1 is 1.06 bits per heavy atom. The smallest absolute Gasteiger partial charge is 0.252 e. The largest absolute Gasteiger partial charge is 0.494 e. The summed E-state index contributed by atoms with van der Waals surface area (Å²) >= 11 is 13.1. The lowest BCUT2D eigenvalue weighted by molar-refractivity contribution is -0.128. The number of nitrogens with zero attached hydrogens (tertiary/aromatic N) is 4. The topological polar surface area (TPSA) is 129 Å². The summed E-state index contributed by atoms with van der Waals surface area (Å²) in [5, 5.41) is 16.8. The number of carbonyl (C=O) groups is 1. The van der Waals surface area contributed by atoms with E-state index in [-0.39, 0.29) is 31.4 Å². The molecule has 9 nitrogen and oxygen atoms in total. The van der Waals surface area contributed by atoms with E-state index in [4.69, 9.17) is 48.3 Å². The number of hydrogen-bond acceptors (Lipinski definition) is 6. The molecule has 242 valence electrons. The summed E-state index contributed by atoms with van der Waals surface area (Å²) in [6, 6.07) is 28.0. The van der Waals surface area contributed by atoms with E-state index in [2.05, 4.69) is 15.3 Å². The van der Waals surface area contributed by atoms with Crippen molar-refractivity contribution in [3.63, 3.8) is 0 Å². The number of nitrogens with one attached hydrogen (secondary N) is 1. The Labute approximate surface area is 283 Å². The van der Waals surface area contributed by atoms with Crippen LogP contribution in [-0.2, 0) is 28.9 Å². The monoisotopic (exact) mass is 671 g/mol. The molecule has 2 atom stereocenters. The van der Waals surface area contributed by atoms with Crippen molar-refractivity contribution in [3.05, 3.63) is 145 Å². The van der Waals surface area contributed by atoms with Crippen molar-refractivity contribution in [2.45, 2.75) is 44.4 Å². The highest BCUT2D eigenvalue weighted by atomic mass is 35.5. The van der Waals surface area contributed by atoms with Crippen molar-refractivity contribution in [1.82, 2.24) is 5.32 Å². The number of benzene rings is 4. The second kappa shape index (κ2) is 15.8. The lowest BCUT2D eigenvalue weighted by Crippen LogP contribution is -2.50. The van der Waals surface area contributed by atoms with Gasteiger partial charge in [-0.25, -0.2) is 4.99 Å². The number of aryl methyl sites for hydroxylation is 1. The Hall–Kier alpha value is -4.53. The van der Waals surface area contributed by atoms with E-state index >= 15 is 0 Å². The predicted molar refractivity (Wildman–Crippen MR) is 184 cm³/mol. The maximum absolute atomic E-state index is 14.6. The summed E-state index contributed by atoms with van der Waals surface area (Å²) < 4.78 is 12.3. The maximum atomic E-state index is 14.6. The van der Waals surface area contributed by atoms with E-state index < -0.39 is 11.6 Å². The van der Waals surface area contributed by atoms with Crippen molar-refractivity contribution >= 4 is 35.0 Å². The second-order valence-corrected chi connectivity index (χ2v) is 12.1. The average Bonchev–Trinajstić information content (AvgIpc) is 3.45. The number of aliphatic imine (C=N–C) groups is 1. The molecule has 2 N–H and O–H groups in total. The third-order valence-corrected chi connectivity index (χ3v) is 8.54. The second-order valence-electron chi connectivity index (χ2n) is 11.3. The maximum Gasteiger partial charge on any atom is 0.252 e. The molecular formula is C36H35Cl2N5O4. The quantitative estimate of drug-likeness (QED) is 0.0615. The average molecular weight is 673 g/mol. The fraction of sp³-hybridized carbons (Fsp3) is 0.278. The Morgan fingerprint density at radius 2 is 1.81 bits per heavy atom. The van der Waals surface area contributed by atoms with Gasteiger partial charge in [-0.15, -0.1) is 0 Å². The van der Waals surface area contributed by atoms with Crippen LogP contribution in [0, 0.1) is 6.92 Å². The zero-order valence-electron chi connectivity index (χ0n) is 25.9. The molecule has 0 unspecified atom stereocenters. The zero-order chi connectivity index (χ0) is 33.2. The molecule has 4 aromatic rings. The van der Waals surface area contributed by atoms with Gasteiger partial charge in [0.05, 0.1) is 13.2 Å². The minimum Gasteiger partial charge on any atom is -0.494 e. The number of aliphatic hydroxyl groups is 1. The van der Waals surface area contributed by atoms with Crippen LogP contribution >= 0.6 is 23.2 Å². The number of rotatable bonds is 14. The molecule has 0 radical (unpaired) electrons. The molecule has 47 heavy (non-hydrogen) atoms. The van der Waals surface area contributed by atoms with Crippen LogP contribution in [0.25, 0.3) is 10.4 Å². The third-order valence-electron chi connectivity index (χ3n) is 7.98. The Balaban J connectivity index is 1.58. The first kappa shape index (κ1) is 33.8. The van der Waals surface area contributed by atoms with E-state index in [1.807, 2.05) is 67.6 Å². The minimum atomic E-state index is -1.50. The highest BCUT2D eigenvalue weighted by Gasteiger charge is 2.54. The highest BCUT2D eigenvalue weighted by Crippen LogP contribution is 2.45. The number of carbonyl (C=O) groups excluding carboxylic acids is 1. The molecule has 0 fully saturated rings. The molecule has 11 heteroatoms. The van der Waals surface area contributed by atoms with Crippen molar-refractivity contribution in [2.24, 2.45) is 10.1 Å².